The third kappa shape index (κ3) is 3.52. The number of ether oxygens (including phenoxy) is 1. The van der Waals surface area contributed by atoms with E-state index in [0.717, 1.165) is 5.56 Å². The number of carbonyl (C=O) groups excluding carboxylic acids is 1. The van der Waals surface area contributed by atoms with E-state index in [9.17, 15) is 9.90 Å². The van der Waals surface area contributed by atoms with E-state index >= 15 is 0 Å². The third-order valence-electron chi connectivity index (χ3n) is 4.26. The first-order valence-corrected chi connectivity index (χ1v) is 8.40. The lowest BCUT2D eigenvalue weighted by Gasteiger charge is -2.10. The standard InChI is InChI=1S/C19H22N4O3/c1-12-4-6-14(7-5-12)10-15-13(2)22-17-16(11-21-23(17)19(15)25)18(24)20-8-9-26-3/h4-7,11,25H,8-10H2,1-3H3,(H,20,24). The van der Waals surface area contributed by atoms with Crippen molar-refractivity contribution in [2.75, 3.05) is 20.3 Å². The van der Waals surface area contributed by atoms with Crippen molar-refractivity contribution in [3.63, 3.8) is 0 Å². The summed E-state index contributed by atoms with van der Waals surface area (Å²) in [6.45, 7) is 4.67. The quantitative estimate of drug-likeness (QED) is 0.661. The summed E-state index contributed by atoms with van der Waals surface area (Å²) in [5.41, 5.74) is 4.26. The van der Waals surface area contributed by atoms with Gasteiger partial charge < -0.3 is 15.2 Å². The zero-order chi connectivity index (χ0) is 18.7. The van der Waals surface area contributed by atoms with Gasteiger partial charge in [-0.2, -0.15) is 9.61 Å². The van der Waals surface area contributed by atoms with Crippen LogP contribution in [-0.4, -0.2) is 45.9 Å². The average Bonchev–Trinajstić information content (AvgIpc) is 3.04. The lowest BCUT2D eigenvalue weighted by Crippen LogP contribution is -2.27. The van der Waals surface area contributed by atoms with Gasteiger partial charge in [-0.1, -0.05) is 29.8 Å². The molecule has 7 nitrogen and oxygen atoms in total. The Kier molecular flexibility index (Phi) is 5.18. The Morgan fingerprint density at radius 2 is 2.00 bits per heavy atom. The fourth-order valence-electron chi connectivity index (χ4n) is 2.76. The fourth-order valence-corrected chi connectivity index (χ4v) is 2.76. The van der Waals surface area contributed by atoms with Gasteiger partial charge in [0.25, 0.3) is 5.91 Å². The first-order chi connectivity index (χ1) is 12.5. The molecule has 136 valence electrons. The molecule has 0 fully saturated rings. The van der Waals surface area contributed by atoms with Gasteiger partial charge >= 0.3 is 0 Å². The molecule has 0 saturated heterocycles. The molecule has 3 aromatic rings. The SMILES string of the molecule is COCCNC(=O)c1cnn2c(O)c(Cc3ccc(C)cc3)c(C)nc12. The molecule has 0 bridgehead atoms. The fraction of sp³-hybridized carbons (Fsp3) is 0.316. The predicted octanol–water partition coefficient (Wildman–Crippen LogP) is 2.02. The minimum Gasteiger partial charge on any atom is -0.493 e. The van der Waals surface area contributed by atoms with Gasteiger partial charge in [0.15, 0.2) is 5.65 Å². The van der Waals surface area contributed by atoms with E-state index in [2.05, 4.69) is 15.4 Å². The Morgan fingerprint density at radius 1 is 1.27 bits per heavy atom. The highest BCUT2D eigenvalue weighted by Crippen LogP contribution is 2.25. The summed E-state index contributed by atoms with van der Waals surface area (Å²) >= 11 is 0. The topological polar surface area (TPSA) is 88.8 Å². The summed E-state index contributed by atoms with van der Waals surface area (Å²) in [6.07, 6.45) is 1.95. The Balaban J connectivity index is 1.93. The number of carbonyl (C=O) groups is 1. The van der Waals surface area contributed by atoms with Crippen molar-refractivity contribution in [1.82, 2.24) is 19.9 Å². The van der Waals surface area contributed by atoms with Crippen molar-refractivity contribution in [2.24, 2.45) is 0 Å². The van der Waals surface area contributed by atoms with Gasteiger partial charge in [-0.05, 0) is 19.4 Å². The van der Waals surface area contributed by atoms with Gasteiger partial charge in [-0.3, -0.25) is 4.79 Å². The zero-order valence-corrected chi connectivity index (χ0v) is 15.1. The van der Waals surface area contributed by atoms with Crippen LogP contribution in [0.5, 0.6) is 5.88 Å². The lowest BCUT2D eigenvalue weighted by atomic mass is 10.0. The molecule has 0 aliphatic heterocycles. The van der Waals surface area contributed by atoms with Crippen LogP contribution in [0, 0.1) is 13.8 Å². The van der Waals surface area contributed by atoms with Crippen LogP contribution in [-0.2, 0) is 11.2 Å². The summed E-state index contributed by atoms with van der Waals surface area (Å²) in [6, 6.07) is 8.11. The molecular formula is C19H22N4O3. The number of methoxy groups -OCH3 is 1. The van der Waals surface area contributed by atoms with Crippen LogP contribution < -0.4 is 5.32 Å². The van der Waals surface area contributed by atoms with Crippen molar-refractivity contribution in [1.29, 1.82) is 0 Å². The second-order valence-electron chi connectivity index (χ2n) is 6.20. The predicted molar refractivity (Wildman–Crippen MR) is 97.6 cm³/mol. The van der Waals surface area contributed by atoms with Crippen LogP contribution in [0.15, 0.2) is 30.5 Å². The largest absolute Gasteiger partial charge is 0.493 e. The Hall–Kier alpha value is -2.93. The molecule has 0 atom stereocenters. The van der Waals surface area contributed by atoms with Crippen LogP contribution in [0.2, 0.25) is 0 Å². The zero-order valence-electron chi connectivity index (χ0n) is 15.1. The Morgan fingerprint density at radius 3 is 2.69 bits per heavy atom. The van der Waals surface area contributed by atoms with E-state index in [0.29, 0.717) is 42.0 Å². The summed E-state index contributed by atoms with van der Waals surface area (Å²) in [5.74, 6) is -0.293. The van der Waals surface area contributed by atoms with E-state index in [4.69, 9.17) is 4.74 Å². The van der Waals surface area contributed by atoms with E-state index in [-0.39, 0.29) is 11.8 Å². The molecule has 2 heterocycles. The van der Waals surface area contributed by atoms with Crippen molar-refractivity contribution < 1.29 is 14.6 Å². The average molecular weight is 354 g/mol. The van der Waals surface area contributed by atoms with Gasteiger partial charge in [-0.15, -0.1) is 0 Å². The molecule has 0 saturated carbocycles. The molecular weight excluding hydrogens is 332 g/mol. The normalized spacial score (nSPS) is 11.0. The summed E-state index contributed by atoms with van der Waals surface area (Å²) in [4.78, 5) is 16.8. The van der Waals surface area contributed by atoms with Gasteiger partial charge in [0.05, 0.1) is 12.8 Å². The number of benzene rings is 1. The molecule has 0 aliphatic carbocycles. The molecule has 26 heavy (non-hydrogen) atoms. The smallest absolute Gasteiger partial charge is 0.256 e. The minimum atomic E-state index is -0.297. The molecule has 2 N–H and O–H groups in total. The number of rotatable bonds is 6. The van der Waals surface area contributed by atoms with Crippen LogP contribution in [0.3, 0.4) is 0 Å². The third-order valence-corrected chi connectivity index (χ3v) is 4.26. The van der Waals surface area contributed by atoms with E-state index in [1.54, 1.807) is 7.11 Å². The number of amides is 1. The number of hydrogen-bond donors (Lipinski definition) is 2. The molecule has 1 amide bonds. The second kappa shape index (κ2) is 7.53. The van der Waals surface area contributed by atoms with Crippen molar-refractivity contribution >= 4 is 11.6 Å². The molecule has 1 aromatic carbocycles. The van der Waals surface area contributed by atoms with Crippen molar-refractivity contribution in [3.8, 4) is 5.88 Å². The number of hydrogen-bond acceptors (Lipinski definition) is 5. The van der Waals surface area contributed by atoms with Crippen molar-refractivity contribution in [2.45, 2.75) is 20.3 Å². The Bertz CT molecular complexity index is 932. The lowest BCUT2D eigenvalue weighted by molar-refractivity contribution is 0.0938. The number of nitrogens with one attached hydrogen (secondary N) is 1. The summed E-state index contributed by atoms with van der Waals surface area (Å²) in [7, 11) is 1.57. The highest BCUT2D eigenvalue weighted by molar-refractivity contribution is 5.99. The second-order valence-corrected chi connectivity index (χ2v) is 6.20. The maximum Gasteiger partial charge on any atom is 0.256 e. The first kappa shape index (κ1) is 17.9. The van der Waals surface area contributed by atoms with E-state index in [1.807, 2.05) is 38.1 Å². The highest BCUT2D eigenvalue weighted by atomic mass is 16.5. The maximum atomic E-state index is 12.3. The number of aromatic nitrogens is 3. The Labute approximate surface area is 151 Å². The van der Waals surface area contributed by atoms with Gasteiger partial charge in [-0.25, -0.2) is 4.98 Å². The number of fused-ring (bicyclic) bond motifs is 1. The van der Waals surface area contributed by atoms with Crippen LogP contribution in [0.4, 0.5) is 0 Å². The molecule has 2 aromatic heterocycles. The molecule has 0 unspecified atom stereocenters. The monoisotopic (exact) mass is 354 g/mol. The van der Waals surface area contributed by atoms with Gasteiger partial charge in [0, 0.05) is 31.3 Å². The molecule has 0 radical (unpaired) electrons. The molecule has 0 aliphatic rings. The molecule has 7 heteroatoms. The van der Waals surface area contributed by atoms with Crippen LogP contribution in [0.1, 0.15) is 32.7 Å². The minimum absolute atomic E-state index is 0.00372. The number of nitrogens with zero attached hydrogens (tertiary/aromatic N) is 3. The molecule has 3 rings (SSSR count). The summed E-state index contributed by atoms with van der Waals surface area (Å²) < 4.78 is 6.23. The number of aryl methyl sites for hydroxylation is 2. The van der Waals surface area contributed by atoms with Crippen LogP contribution >= 0.6 is 0 Å². The summed E-state index contributed by atoms with van der Waals surface area (Å²) in [5, 5.41) is 17.5. The maximum absolute atomic E-state index is 12.3. The van der Waals surface area contributed by atoms with Gasteiger partial charge in [0.1, 0.15) is 5.56 Å². The van der Waals surface area contributed by atoms with Crippen LogP contribution in [0.25, 0.3) is 5.65 Å². The number of aromatic hydroxyl groups is 1. The first-order valence-electron chi connectivity index (χ1n) is 8.40. The van der Waals surface area contributed by atoms with E-state index < -0.39 is 0 Å². The van der Waals surface area contributed by atoms with Crippen molar-refractivity contribution in [3.05, 3.63) is 58.4 Å². The molecule has 0 spiro atoms. The van der Waals surface area contributed by atoms with E-state index in [1.165, 1.54) is 16.3 Å². The highest BCUT2D eigenvalue weighted by Gasteiger charge is 2.19. The van der Waals surface area contributed by atoms with Gasteiger partial charge in [0.2, 0.25) is 5.88 Å².